The maximum atomic E-state index is 13.5. The normalized spacial score (nSPS) is 29.2. The number of benzene rings is 2. The van der Waals surface area contributed by atoms with E-state index < -0.39 is 10.8 Å². The lowest BCUT2D eigenvalue weighted by molar-refractivity contribution is -0.167. The molecule has 4 aliphatic carbocycles. The summed E-state index contributed by atoms with van der Waals surface area (Å²) in [6.07, 6.45) is 4.71. The summed E-state index contributed by atoms with van der Waals surface area (Å²) < 4.78 is 0. The predicted octanol–water partition coefficient (Wildman–Crippen LogP) is 4.07. The summed E-state index contributed by atoms with van der Waals surface area (Å²) in [7, 11) is 0. The molecule has 0 saturated heterocycles. The zero-order valence-electron chi connectivity index (χ0n) is 20.6. The van der Waals surface area contributed by atoms with Gasteiger partial charge >= 0.3 is 0 Å². The number of hydrogen-bond acceptors (Lipinski definition) is 6. The monoisotopic (exact) mass is 488 g/mol. The average molecular weight is 489 g/mol. The highest BCUT2D eigenvalue weighted by molar-refractivity contribution is 6.00. The average Bonchev–Trinajstić information content (AvgIpc) is 2.85. The first-order valence-corrected chi connectivity index (χ1v) is 12.5. The fraction of sp³-hybridized carbons (Fsp3) is 0.429. The lowest BCUT2D eigenvalue weighted by Crippen LogP contribution is -2.60. The highest BCUT2D eigenvalue weighted by atomic mass is 16.3. The molecule has 2 amide bonds. The quantitative estimate of drug-likeness (QED) is 0.362. The van der Waals surface area contributed by atoms with Gasteiger partial charge in [-0.25, -0.2) is 10.9 Å². The Bertz CT molecular complexity index is 1130. The van der Waals surface area contributed by atoms with Crippen LogP contribution in [0, 0.1) is 22.7 Å². The van der Waals surface area contributed by atoms with Crippen molar-refractivity contribution in [3.05, 3.63) is 59.7 Å². The van der Waals surface area contributed by atoms with E-state index in [4.69, 9.17) is 0 Å². The van der Waals surface area contributed by atoms with Crippen LogP contribution in [0.25, 0.3) is 0 Å². The largest absolute Gasteiger partial charge is 0.508 e. The molecule has 0 atom stereocenters. The van der Waals surface area contributed by atoms with Crippen molar-refractivity contribution in [1.82, 2.24) is 10.9 Å². The fourth-order valence-corrected chi connectivity index (χ4v) is 6.83. The van der Waals surface area contributed by atoms with Crippen LogP contribution in [0.3, 0.4) is 0 Å². The number of carbonyl (C=O) groups is 2. The van der Waals surface area contributed by atoms with Gasteiger partial charge in [-0.1, -0.05) is 0 Å². The minimum Gasteiger partial charge on any atom is -0.508 e. The summed E-state index contributed by atoms with van der Waals surface area (Å²) in [6.45, 7) is 3.63. The molecule has 0 spiro atoms. The molecule has 4 N–H and O–H groups in total. The van der Waals surface area contributed by atoms with E-state index in [1.165, 1.54) is 0 Å². The third-order valence-corrected chi connectivity index (χ3v) is 8.24. The first-order valence-electron chi connectivity index (χ1n) is 12.5. The lowest BCUT2D eigenvalue weighted by Gasteiger charge is -2.60. The zero-order chi connectivity index (χ0) is 25.5. The van der Waals surface area contributed by atoms with Crippen LogP contribution >= 0.6 is 0 Å². The maximum absolute atomic E-state index is 13.5. The summed E-state index contributed by atoms with van der Waals surface area (Å²) in [6, 6.07) is 13.4. The number of amides is 2. The second-order valence-corrected chi connectivity index (χ2v) is 10.9. The van der Waals surface area contributed by atoms with Crippen molar-refractivity contribution in [2.24, 2.45) is 32.9 Å². The topological polar surface area (TPSA) is 123 Å². The highest BCUT2D eigenvalue weighted by Crippen LogP contribution is 2.65. The van der Waals surface area contributed by atoms with Crippen molar-refractivity contribution in [3.63, 3.8) is 0 Å². The van der Waals surface area contributed by atoms with Crippen molar-refractivity contribution < 1.29 is 19.8 Å². The fourth-order valence-electron chi connectivity index (χ4n) is 6.83. The van der Waals surface area contributed by atoms with Crippen molar-refractivity contribution in [3.8, 4) is 11.5 Å². The third-order valence-electron chi connectivity index (χ3n) is 8.24. The molecule has 4 saturated carbocycles. The van der Waals surface area contributed by atoms with Crippen LogP contribution in [0.5, 0.6) is 11.5 Å². The van der Waals surface area contributed by atoms with Crippen LogP contribution in [-0.2, 0) is 9.59 Å². The van der Waals surface area contributed by atoms with Crippen LogP contribution in [0.2, 0.25) is 0 Å². The van der Waals surface area contributed by atoms with Crippen molar-refractivity contribution in [1.29, 1.82) is 0 Å². The van der Waals surface area contributed by atoms with Crippen LogP contribution in [0.15, 0.2) is 58.7 Å². The van der Waals surface area contributed by atoms with Crippen molar-refractivity contribution >= 4 is 23.2 Å². The van der Waals surface area contributed by atoms with Gasteiger partial charge in [-0.2, -0.15) is 10.2 Å². The number of hydrogen-bond donors (Lipinski definition) is 4. The van der Waals surface area contributed by atoms with E-state index in [1.807, 2.05) is 13.8 Å². The van der Waals surface area contributed by atoms with Gasteiger partial charge in [0.25, 0.3) is 0 Å². The molecule has 6 rings (SSSR count). The molecule has 36 heavy (non-hydrogen) atoms. The molecule has 4 bridgehead atoms. The molecule has 0 aromatic heterocycles. The standard InChI is InChI=1S/C28H32N4O4/c1-17(21-3-7-23(33)8-4-21)29-31-25(35)27-12-19-11-20(13-27)15-28(14-19,16-27)26(36)32-30-18(2)22-5-9-24(34)10-6-22/h3-10,19-20,33-34H,11-16H2,1-2H3,(H,31,35)(H,32,36)/b29-17+,30-18+. The van der Waals surface area contributed by atoms with Crippen LogP contribution in [0.4, 0.5) is 0 Å². The molecule has 4 fully saturated rings. The molecule has 2 aromatic carbocycles. The van der Waals surface area contributed by atoms with Crippen LogP contribution in [-0.4, -0.2) is 33.5 Å². The lowest BCUT2D eigenvalue weighted by atomic mass is 9.43. The second kappa shape index (κ2) is 9.08. The number of phenolic OH excluding ortho intramolecular Hbond substituents is 2. The predicted molar refractivity (Wildman–Crippen MR) is 136 cm³/mol. The van der Waals surface area contributed by atoms with Crippen LogP contribution < -0.4 is 10.9 Å². The van der Waals surface area contributed by atoms with Gasteiger partial charge in [-0.3, -0.25) is 9.59 Å². The van der Waals surface area contributed by atoms with Gasteiger partial charge in [0.15, 0.2) is 0 Å². The van der Waals surface area contributed by atoms with E-state index >= 15 is 0 Å². The summed E-state index contributed by atoms with van der Waals surface area (Å²) in [4.78, 5) is 27.0. The number of aromatic hydroxyl groups is 2. The Morgan fingerprint density at radius 3 is 1.44 bits per heavy atom. The van der Waals surface area contributed by atoms with Gasteiger partial charge in [0.05, 0.1) is 22.3 Å². The maximum Gasteiger partial charge on any atom is 0.246 e. The van der Waals surface area contributed by atoms with E-state index in [9.17, 15) is 19.8 Å². The molecule has 2 aromatic rings. The zero-order valence-corrected chi connectivity index (χ0v) is 20.6. The number of hydrazone groups is 2. The SMILES string of the molecule is C/C(=N\NC(=O)C12CC3CC(C1)CC(C(=O)N/N=C(\C)c1ccc(O)cc1)(C3)C2)c1ccc(O)cc1. The van der Waals surface area contributed by atoms with Gasteiger partial charge in [-0.15, -0.1) is 0 Å². The van der Waals surface area contributed by atoms with E-state index in [0.29, 0.717) is 29.7 Å². The Hall–Kier alpha value is -3.68. The summed E-state index contributed by atoms with van der Waals surface area (Å²) in [5.41, 5.74) is 7.32. The smallest absolute Gasteiger partial charge is 0.246 e. The van der Waals surface area contributed by atoms with Gasteiger partial charge in [0.2, 0.25) is 11.8 Å². The Morgan fingerprint density at radius 2 is 1.08 bits per heavy atom. The number of carbonyl (C=O) groups excluding carboxylic acids is 2. The van der Waals surface area contributed by atoms with E-state index in [1.54, 1.807) is 48.5 Å². The third kappa shape index (κ3) is 4.47. The van der Waals surface area contributed by atoms with Gasteiger partial charge in [0.1, 0.15) is 11.5 Å². The van der Waals surface area contributed by atoms with Gasteiger partial charge < -0.3 is 10.2 Å². The molecule has 0 aliphatic heterocycles. The van der Waals surface area contributed by atoms with E-state index in [0.717, 1.165) is 43.2 Å². The van der Waals surface area contributed by atoms with E-state index in [2.05, 4.69) is 21.1 Å². The molecule has 0 radical (unpaired) electrons. The Labute approximate surface area is 210 Å². The number of phenols is 2. The molecule has 4 aliphatic rings. The highest BCUT2D eigenvalue weighted by Gasteiger charge is 2.63. The van der Waals surface area contributed by atoms with Crippen molar-refractivity contribution in [2.75, 3.05) is 0 Å². The Balaban J connectivity index is 1.31. The summed E-state index contributed by atoms with van der Waals surface area (Å²) in [5.74, 6) is 0.802. The van der Waals surface area contributed by atoms with Gasteiger partial charge in [0, 0.05) is 0 Å². The minimum atomic E-state index is -0.601. The molecular weight excluding hydrogens is 456 g/mol. The molecule has 188 valence electrons. The molecule has 8 nitrogen and oxygen atoms in total. The number of nitrogens with one attached hydrogen (secondary N) is 2. The van der Waals surface area contributed by atoms with Crippen LogP contribution in [0.1, 0.15) is 63.5 Å². The number of rotatable bonds is 6. The molecule has 8 heteroatoms. The molecule has 0 unspecified atom stereocenters. The van der Waals surface area contributed by atoms with Crippen molar-refractivity contribution in [2.45, 2.75) is 52.4 Å². The molecule has 0 heterocycles. The molecular formula is C28H32N4O4. The second-order valence-electron chi connectivity index (χ2n) is 10.9. The summed E-state index contributed by atoms with van der Waals surface area (Å²) in [5, 5.41) is 27.7. The first-order chi connectivity index (χ1) is 17.2. The minimum absolute atomic E-state index is 0.115. The summed E-state index contributed by atoms with van der Waals surface area (Å²) >= 11 is 0. The van der Waals surface area contributed by atoms with Gasteiger partial charge in [-0.05, 0) is 124 Å². The number of nitrogens with zero attached hydrogens (tertiary/aromatic N) is 2. The van der Waals surface area contributed by atoms with E-state index in [-0.39, 0.29) is 23.3 Å². The Kier molecular flexibility index (Phi) is 6.06. The Morgan fingerprint density at radius 1 is 0.722 bits per heavy atom. The first kappa shape index (κ1) is 24.0.